The van der Waals surface area contributed by atoms with E-state index in [4.69, 9.17) is 9.40 Å². The first-order chi connectivity index (χ1) is 25.2. The third-order valence-corrected chi connectivity index (χ3v) is 11.4. The second-order valence-corrected chi connectivity index (χ2v) is 14.1. The van der Waals surface area contributed by atoms with Gasteiger partial charge in [0.05, 0.1) is 44.0 Å². The zero-order valence-corrected chi connectivity index (χ0v) is 27.9. The second-order valence-electron chi connectivity index (χ2n) is 13.0. The number of aromatic nitrogens is 2. The molecule has 4 aromatic heterocycles. The van der Waals surface area contributed by atoms with Crippen LogP contribution in [-0.2, 0) is 0 Å². The molecule has 0 saturated carbocycles. The van der Waals surface area contributed by atoms with Crippen LogP contribution in [-0.4, -0.2) is 9.55 Å². The normalized spacial score (nSPS) is 11.9. The highest BCUT2D eigenvalue weighted by atomic mass is 32.1. The van der Waals surface area contributed by atoms with Crippen LogP contribution in [0.4, 0.5) is 0 Å². The predicted molar refractivity (Wildman–Crippen MR) is 212 cm³/mol. The number of hydrogen-bond acceptors (Lipinski definition) is 4. The average molecular weight is 668 g/mol. The SMILES string of the molecule is N#Cc1ccc2c3ccc(-c4cccc(-c5nc6c(ccc7c8ccccc8sc76)c6oc7ccccc7c56)c4)cc3n(-c3ccccc3)c2c1. The lowest BCUT2D eigenvalue weighted by molar-refractivity contribution is 0.672. The molecule has 0 amide bonds. The van der Waals surface area contributed by atoms with Crippen molar-refractivity contribution in [3.63, 3.8) is 0 Å². The van der Waals surface area contributed by atoms with Gasteiger partial charge in [0.15, 0.2) is 0 Å². The molecule has 0 atom stereocenters. The number of nitriles is 1. The van der Waals surface area contributed by atoms with E-state index in [-0.39, 0.29) is 0 Å². The molecule has 0 unspecified atom stereocenters. The summed E-state index contributed by atoms with van der Waals surface area (Å²) >= 11 is 1.79. The molecule has 0 aliphatic heterocycles. The van der Waals surface area contributed by atoms with Crippen molar-refractivity contribution in [2.24, 2.45) is 0 Å². The molecule has 5 heteroatoms. The smallest absolute Gasteiger partial charge is 0.147 e. The predicted octanol–water partition coefficient (Wildman–Crippen LogP) is 12.8. The molecule has 0 bridgehead atoms. The zero-order valence-electron chi connectivity index (χ0n) is 27.1. The van der Waals surface area contributed by atoms with Gasteiger partial charge in [0.1, 0.15) is 11.2 Å². The quantitative estimate of drug-likeness (QED) is 0.188. The molecule has 0 aliphatic rings. The van der Waals surface area contributed by atoms with Crippen molar-refractivity contribution < 1.29 is 4.42 Å². The van der Waals surface area contributed by atoms with Crippen LogP contribution in [0.3, 0.4) is 0 Å². The number of hydrogen-bond donors (Lipinski definition) is 0. The molecule has 11 aromatic rings. The average Bonchev–Trinajstić information content (AvgIpc) is 3.87. The third-order valence-electron chi connectivity index (χ3n) is 10.2. The number of rotatable bonds is 3. The Balaban J connectivity index is 1.17. The molecular weight excluding hydrogens is 643 g/mol. The Morgan fingerprint density at radius 1 is 0.569 bits per heavy atom. The minimum Gasteiger partial charge on any atom is -0.455 e. The Bertz CT molecular complexity index is 3270. The van der Waals surface area contributed by atoms with Crippen molar-refractivity contribution in [2.45, 2.75) is 0 Å². The molecule has 51 heavy (non-hydrogen) atoms. The van der Waals surface area contributed by atoms with Crippen molar-refractivity contribution in [1.29, 1.82) is 5.26 Å². The Labute approximate surface area is 295 Å². The van der Waals surface area contributed by atoms with Crippen LogP contribution in [0.15, 0.2) is 156 Å². The third kappa shape index (κ3) is 4.09. The van der Waals surface area contributed by atoms with Crippen molar-refractivity contribution in [3.8, 4) is 34.1 Å². The van der Waals surface area contributed by atoms with E-state index in [1.807, 2.05) is 30.3 Å². The lowest BCUT2D eigenvalue weighted by Gasteiger charge is -2.11. The standard InChI is InChI=1S/C46H25N3OS/c47-26-27-17-19-32-33-20-18-29(25-39(33)49(38(32)23-27)31-11-2-1-3-12-31)28-9-8-10-30(24-28)43-42-36-14-4-6-15-40(36)50-45(42)37-22-21-35-34-13-5-7-16-41(34)51-46(35)44(37)48-43/h1-25H. The minimum absolute atomic E-state index is 0.643. The van der Waals surface area contributed by atoms with Gasteiger partial charge < -0.3 is 8.98 Å². The van der Waals surface area contributed by atoms with Crippen LogP contribution in [0.5, 0.6) is 0 Å². The fourth-order valence-electron chi connectivity index (χ4n) is 7.88. The van der Waals surface area contributed by atoms with E-state index in [9.17, 15) is 5.26 Å². The van der Waals surface area contributed by atoms with Gasteiger partial charge in [-0.1, -0.05) is 97.1 Å². The molecule has 0 N–H and O–H groups in total. The number of benzene rings is 7. The number of para-hydroxylation sites is 2. The topological polar surface area (TPSA) is 54.8 Å². The van der Waals surface area contributed by atoms with E-state index in [0.717, 1.165) is 82.7 Å². The van der Waals surface area contributed by atoms with Gasteiger partial charge in [-0.2, -0.15) is 5.26 Å². The van der Waals surface area contributed by atoms with Crippen molar-refractivity contribution >= 4 is 86.2 Å². The first-order valence-corrected chi connectivity index (χ1v) is 17.7. The molecular formula is C46H25N3OS. The van der Waals surface area contributed by atoms with Crippen LogP contribution in [0.25, 0.3) is 103 Å². The maximum absolute atomic E-state index is 9.73. The molecule has 4 heterocycles. The summed E-state index contributed by atoms with van der Waals surface area (Å²) in [5.41, 5.74) is 10.6. The maximum atomic E-state index is 9.73. The highest BCUT2D eigenvalue weighted by Crippen LogP contribution is 2.45. The van der Waals surface area contributed by atoms with Gasteiger partial charge in [-0.25, -0.2) is 4.98 Å². The number of furan rings is 1. The highest BCUT2D eigenvalue weighted by Gasteiger charge is 2.21. The van der Waals surface area contributed by atoms with E-state index in [1.165, 1.54) is 20.2 Å². The van der Waals surface area contributed by atoms with Crippen LogP contribution in [0.2, 0.25) is 0 Å². The molecule has 0 fully saturated rings. The Hall–Kier alpha value is -6.74. The summed E-state index contributed by atoms with van der Waals surface area (Å²) in [7, 11) is 0. The lowest BCUT2D eigenvalue weighted by Crippen LogP contribution is -1.94. The van der Waals surface area contributed by atoms with E-state index in [1.54, 1.807) is 11.3 Å². The van der Waals surface area contributed by atoms with Gasteiger partial charge in [0.2, 0.25) is 0 Å². The molecule has 7 aromatic carbocycles. The summed E-state index contributed by atoms with van der Waals surface area (Å²) in [6.07, 6.45) is 0. The fourth-order valence-corrected chi connectivity index (χ4v) is 9.08. The van der Waals surface area contributed by atoms with E-state index in [2.05, 4.69) is 132 Å². The number of thiophene rings is 1. The fraction of sp³-hybridized carbons (Fsp3) is 0. The minimum atomic E-state index is 0.643. The van der Waals surface area contributed by atoms with Gasteiger partial charge in [-0.15, -0.1) is 11.3 Å². The van der Waals surface area contributed by atoms with E-state index >= 15 is 0 Å². The number of pyridine rings is 1. The van der Waals surface area contributed by atoms with Gasteiger partial charge >= 0.3 is 0 Å². The molecule has 11 rings (SSSR count). The maximum Gasteiger partial charge on any atom is 0.147 e. The van der Waals surface area contributed by atoms with Gasteiger partial charge in [-0.05, 0) is 65.7 Å². The summed E-state index contributed by atoms with van der Waals surface area (Å²) < 4.78 is 11.3. The highest BCUT2D eigenvalue weighted by molar-refractivity contribution is 7.26. The van der Waals surface area contributed by atoms with E-state index in [0.29, 0.717) is 5.56 Å². The molecule has 0 saturated heterocycles. The Kier molecular flexibility index (Phi) is 5.86. The van der Waals surface area contributed by atoms with Crippen molar-refractivity contribution in [2.75, 3.05) is 0 Å². The molecule has 4 nitrogen and oxygen atoms in total. The lowest BCUT2D eigenvalue weighted by atomic mass is 9.97. The van der Waals surface area contributed by atoms with Crippen LogP contribution >= 0.6 is 11.3 Å². The largest absolute Gasteiger partial charge is 0.455 e. The molecule has 236 valence electrons. The second kappa shape index (κ2) is 10.6. The van der Waals surface area contributed by atoms with Gasteiger partial charge in [0, 0.05) is 48.3 Å². The summed E-state index contributed by atoms with van der Waals surface area (Å²) in [5, 5.41) is 17.6. The Morgan fingerprint density at radius 3 is 2.16 bits per heavy atom. The number of nitrogens with zero attached hydrogens (tertiary/aromatic N) is 3. The monoisotopic (exact) mass is 667 g/mol. The zero-order chi connectivity index (χ0) is 33.6. The van der Waals surface area contributed by atoms with Crippen LogP contribution in [0.1, 0.15) is 5.56 Å². The number of fused-ring (bicyclic) bond motifs is 12. The van der Waals surface area contributed by atoms with Gasteiger partial charge in [-0.3, -0.25) is 0 Å². The Morgan fingerprint density at radius 2 is 1.27 bits per heavy atom. The van der Waals surface area contributed by atoms with Crippen LogP contribution < -0.4 is 0 Å². The first-order valence-electron chi connectivity index (χ1n) is 16.9. The first kappa shape index (κ1) is 28.1. The summed E-state index contributed by atoms with van der Waals surface area (Å²) in [4.78, 5) is 5.52. The van der Waals surface area contributed by atoms with E-state index < -0.39 is 0 Å². The summed E-state index contributed by atoms with van der Waals surface area (Å²) in [6.45, 7) is 0. The molecule has 0 aliphatic carbocycles. The van der Waals surface area contributed by atoms with Crippen molar-refractivity contribution in [1.82, 2.24) is 9.55 Å². The van der Waals surface area contributed by atoms with Gasteiger partial charge in [0.25, 0.3) is 0 Å². The molecule has 0 spiro atoms. The summed E-state index contributed by atoms with van der Waals surface area (Å²) in [6, 6.07) is 55.3. The summed E-state index contributed by atoms with van der Waals surface area (Å²) in [5.74, 6) is 0. The van der Waals surface area contributed by atoms with Crippen molar-refractivity contribution in [3.05, 3.63) is 157 Å². The molecule has 0 radical (unpaired) electrons. The van der Waals surface area contributed by atoms with Crippen LogP contribution in [0, 0.1) is 11.3 Å².